The number of rotatable bonds is 12. The third-order valence-electron chi connectivity index (χ3n) is 21.4. The van der Waals surface area contributed by atoms with Crippen LogP contribution >= 0.6 is 0 Å². The smallest absolute Gasteiger partial charge is 0.315 e. The van der Waals surface area contributed by atoms with Crippen LogP contribution in [0.1, 0.15) is 113 Å². The van der Waals surface area contributed by atoms with E-state index in [-0.39, 0.29) is 39.4 Å². The second-order valence-electron chi connectivity index (χ2n) is 26.3. The molecule has 0 unspecified atom stereocenters. The molecule has 0 amide bonds. The Bertz CT molecular complexity index is 2110. The van der Waals surface area contributed by atoms with Gasteiger partial charge in [-0.3, -0.25) is 4.79 Å². The van der Waals surface area contributed by atoms with Crippen LogP contribution in [0.15, 0.2) is 11.6 Å². The maximum absolute atomic E-state index is 15.1. The monoisotopic (exact) mass is 1100 g/mol. The van der Waals surface area contributed by atoms with E-state index in [9.17, 15) is 71.5 Å². The maximum atomic E-state index is 15.1. The molecule has 0 aromatic rings. The van der Waals surface area contributed by atoms with Crippen molar-refractivity contribution in [2.45, 2.75) is 242 Å². The van der Waals surface area contributed by atoms with Crippen molar-refractivity contribution in [1.82, 2.24) is 0 Å². The Morgan fingerprint density at radius 2 is 1.06 bits per heavy atom. The molecule has 9 rings (SSSR count). The molecular formula is C54H88O23. The van der Waals surface area contributed by atoms with Crippen molar-refractivity contribution in [3.05, 3.63) is 11.6 Å². The molecule has 0 spiro atoms. The molecule has 0 bridgehead atoms. The summed E-state index contributed by atoms with van der Waals surface area (Å²) in [6.07, 6.45) is -23.5. The number of aliphatic hydroxyl groups is 14. The Hall–Kier alpha value is -1.63. The molecule has 28 atom stereocenters. The summed E-state index contributed by atoms with van der Waals surface area (Å²) in [5, 5.41) is 148. The van der Waals surface area contributed by atoms with Crippen LogP contribution in [0.2, 0.25) is 0 Å². The van der Waals surface area contributed by atoms with Crippen molar-refractivity contribution in [3.63, 3.8) is 0 Å². The van der Waals surface area contributed by atoms with Gasteiger partial charge in [0.1, 0.15) is 97.7 Å². The maximum Gasteiger partial charge on any atom is 0.315 e. The summed E-state index contributed by atoms with van der Waals surface area (Å²) in [6, 6.07) is 0. The Morgan fingerprint density at radius 3 is 1.68 bits per heavy atom. The number of hydrogen-bond donors (Lipinski definition) is 14. The number of carbonyl (C=O) groups excluding carboxylic acids is 1. The van der Waals surface area contributed by atoms with Crippen molar-refractivity contribution in [3.8, 4) is 0 Å². The molecule has 0 aromatic heterocycles. The molecule has 23 nitrogen and oxygen atoms in total. The van der Waals surface area contributed by atoms with Crippen molar-refractivity contribution in [2.75, 3.05) is 26.4 Å². The van der Waals surface area contributed by atoms with Crippen LogP contribution in [0.4, 0.5) is 0 Å². The highest BCUT2D eigenvalue weighted by Gasteiger charge is 2.70. The predicted molar refractivity (Wildman–Crippen MR) is 263 cm³/mol. The summed E-state index contributed by atoms with van der Waals surface area (Å²) >= 11 is 0. The van der Waals surface area contributed by atoms with Gasteiger partial charge in [0.15, 0.2) is 18.9 Å². The van der Waals surface area contributed by atoms with E-state index in [2.05, 4.69) is 54.5 Å². The Labute approximate surface area is 449 Å². The van der Waals surface area contributed by atoms with Gasteiger partial charge in [0.25, 0.3) is 0 Å². The van der Waals surface area contributed by atoms with Gasteiger partial charge < -0.3 is 109 Å². The zero-order valence-electron chi connectivity index (χ0n) is 45.3. The number of hydrogen-bond acceptors (Lipinski definition) is 23. The molecule has 0 aromatic carbocycles. The standard InChI is InChI=1S/C54H88O23/c1-49(2)14-16-54(48(69)77-46-42(68)38(64)35(61)28(74-46)22-70-44-40(66)36(62)32(58)25(19-55)71-44)17-15-52(6)23(24(54)18-49)8-9-30-51(5)12-11-31(50(3,4)29(51)10-13-53(30,52)7)75-47-43(39(65)34(60)27(21-57)73-47)76-45-41(67)37(63)33(59)26(20-56)72-45/h8,24-47,55-68H,9-22H2,1-7H3/t24-,25+,26+,27+,28+,29-,30+,31-,32+,33+,34+,35+,36-,37-,38-,39-,40+,41+,42+,43+,44+,45-,46-,47-,51-,52+,53+,54-/m0/s1. The van der Waals surface area contributed by atoms with Gasteiger partial charge in [0, 0.05) is 0 Å². The highest BCUT2D eigenvalue weighted by atomic mass is 16.8. The summed E-state index contributed by atoms with van der Waals surface area (Å²) in [5.41, 5.74) is -1.25. The summed E-state index contributed by atoms with van der Waals surface area (Å²) < 4.78 is 47.7. The molecule has 9 aliphatic rings. The van der Waals surface area contributed by atoms with Gasteiger partial charge >= 0.3 is 5.97 Å². The highest BCUT2D eigenvalue weighted by Crippen LogP contribution is 2.76. The quantitative estimate of drug-likeness (QED) is 0.0569. The first kappa shape index (κ1) is 60.0. The molecule has 4 saturated heterocycles. The molecule has 8 fully saturated rings. The van der Waals surface area contributed by atoms with Crippen LogP contribution in [-0.4, -0.2) is 233 Å². The van der Waals surface area contributed by atoms with Gasteiger partial charge in [-0.25, -0.2) is 0 Å². The van der Waals surface area contributed by atoms with Gasteiger partial charge in [0.05, 0.1) is 37.9 Å². The van der Waals surface area contributed by atoms with Crippen LogP contribution in [0.3, 0.4) is 0 Å². The van der Waals surface area contributed by atoms with Crippen LogP contribution in [0, 0.1) is 50.2 Å². The fourth-order valence-corrected chi connectivity index (χ4v) is 16.4. The minimum absolute atomic E-state index is 0.108. The largest absolute Gasteiger partial charge is 0.432 e. The molecule has 23 heteroatoms. The number of ether oxygens (including phenoxy) is 8. The lowest BCUT2D eigenvalue weighted by molar-refractivity contribution is -0.378. The zero-order chi connectivity index (χ0) is 56.3. The van der Waals surface area contributed by atoms with E-state index in [0.29, 0.717) is 32.1 Å². The highest BCUT2D eigenvalue weighted by molar-refractivity contribution is 5.79. The zero-order valence-corrected chi connectivity index (χ0v) is 45.3. The fourth-order valence-electron chi connectivity index (χ4n) is 16.4. The van der Waals surface area contributed by atoms with Gasteiger partial charge in [0.2, 0.25) is 6.29 Å². The van der Waals surface area contributed by atoms with E-state index >= 15 is 4.79 Å². The van der Waals surface area contributed by atoms with Gasteiger partial charge in [-0.15, -0.1) is 0 Å². The number of aliphatic hydroxyl groups excluding tert-OH is 14. The molecular weight excluding hydrogens is 1020 g/mol. The van der Waals surface area contributed by atoms with E-state index in [0.717, 1.165) is 32.1 Å². The molecule has 0 radical (unpaired) electrons. The topological polar surface area (TPSA) is 374 Å². The second kappa shape index (κ2) is 21.8. The number of fused-ring (bicyclic) bond motifs is 7. The Morgan fingerprint density at radius 1 is 0.545 bits per heavy atom. The minimum Gasteiger partial charge on any atom is -0.432 e. The van der Waals surface area contributed by atoms with Crippen LogP contribution < -0.4 is 0 Å². The van der Waals surface area contributed by atoms with Gasteiger partial charge in [-0.2, -0.15) is 0 Å². The Balaban J connectivity index is 0.930. The van der Waals surface area contributed by atoms with Crippen LogP contribution in [0.5, 0.6) is 0 Å². The van der Waals surface area contributed by atoms with Crippen molar-refractivity contribution in [2.24, 2.45) is 50.2 Å². The van der Waals surface area contributed by atoms with Crippen LogP contribution in [-0.2, 0) is 42.7 Å². The van der Waals surface area contributed by atoms with E-state index in [1.165, 1.54) is 5.57 Å². The van der Waals surface area contributed by atoms with Crippen molar-refractivity contribution < 1.29 is 114 Å². The second-order valence-corrected chi connectivity index (χ2v) is 26.3. The molecule has 4 aliphatic heterocycles. The number of carbonyl (C=O) groups is 1. The normalized spacial score (nSPS) is 53.4. The number of esters is 1. The first-order chi connectivity index (χ1) is 36.0. The first-order valence-electron chi connectivity index (χ1n) is 27.8. The summed E-state index contributed by atoms with van der Waals surface area (Å²) in [5.74, 6) is -0.520. The lowest BCUT2D eigenvalue weighted by atomic mass is 9.33. The molecule has 442 valence electrons. The number of allylic oxidation sites excluding steroid dienone is 2. The minimum atomic E-state index is -1.84. The lowest BCUT2D eigenvalue weighted by Gasteiger charge is -2.71. The van der Waals surface area contributed by atoms with E-state index in [1.54, 1.807) is 0 Å². The van der Waals surface area contributed by atoms with Gasteiger partial charge in [-0.1, -0.05) is 60.1 Å². The molecule has 77 heavy (non-hydrogen) atoms. The van der Waals surface area contributed by atoms with E-state index < -0.39 is 172 Å². The molecule has 4 saturated carbocycles. The summed E-state index contributed by atoms with van der Waals surface area (Å²) in [6.45, 7) is 13.2. The van der Waals surface area contributed by atoms with Crippen molar-refractivity contribution >= 4 is 5.97 Å². The predicted octanol–water partition coefficient (Wildman–Crippen LogP) is -2.04. The van der Waals surface area contributed by atoms with Gasteiger partial charge in [-0.05, 0) is 109 Å². The lowest BCUT2D eigenvalue weighted by Crippen LogP contribution is -2.67. The summed E-state index contributed by atoms with van der Waals surface area (Å²) in [7, 11) is 0. The molecule has 5 aliphatic carbocycles. The van der Waals surface area contributed by atoms with Crippen molar-refractivity contribution in [1.29, 1.82) is 0 Å². The van der Waals surface area contributed by atoms with E-state index in [4.69, 9.17) is 37.9 Å². The third kappa shape index (κ3) is 9.90. The average Bonchev–Trinajstić information content (AvgIpc) is 3.51. The average molecular weight is 1110 g/mol. The SMILES string of the molecule is CC1(C)CC[C@]2(C(=O)O[C@@H]3O[C@H](CO[C@@H]4O[C@H](CO)[C@@H](O)[C@H](O)[C@H]4O)[C@@H](O)[C@H](O)[C@H]3O)CC[C@]3(C)C(=CC[C@@H]4[C@@]5(C)CC[C@H](O[C@@H]6O[C@H](CO)[C@@H](O)[C@H](O)[C@H]6O[C@@H]6O[C@H](CO)[C@@H](O)[C@H](O)[C@H]6O)C(C)(C)[C@@H]5CC[C@]43C)[C@@H]2C1. The first-order valence-corrected chi connectivity index (χ1v) is 27.8. The third-order valence-corrected chi connectivity index (χ3v) is 21.4. The van der Waals surface area contributed by atoms with Crippen LogP contribution in [0.25, 0.3) is 0 Å². The molecule has 14 N–H and O–H groups in total. The molecule has 4 heterocycles. The fraction of sp³-hybridized carbons (Fsp3) is 0.944. The van der Waals surface area contributed by atoms with E-state index in [1.807, 2.05) is 0 Å². The Kier molecular flexibility index (Phi) is 17.0. The summed E-state index contributed by atoms with van der Waals surface area (Å²) in [4.78, 5) is 15.1.